The number of phosphoric ester groups is 1. The summed E-state index contributed by atoms with van der Waals surface area (Å²) in [6.45, 7) is 10.5. The monoisotopic (exact) mass is 851 g/mol. The van der Waals surface area contributed by atoms with E-state index in [-0.39, 0.29) is 49.9 Å². The summed E-state index contributed by atoms with van der Waals surface area (Å²) in [6, 6.07) is -1.13. The molecule has 0 bridgehead atoms. The van der Waals surface area contributed by atoms with Crippen LogP contribution in [0.5, 0.6) is 5.75 Å². The van der Waals surface area contributed by atoms with E-state index in [4.69, 9.17) is 15.5 Å². The molecule has 2 aliphatic rings. The summed E-state index contributed by atoms with van der Waals surface area (Å²) in [5.41, 5.74) is 5.90. The normalized spacial score (nSPS) is 18.6. The van der Waals surface area contributed by atoms with Crippen LogP contribution in [0, 0.1) is 11.8 Å². The molecule has 21 nitrogen and oxygen atoms in total. The third kappa shape index (κ3) is 14.9. The summed E-state index contributed by atoms with van der Waals surface area (Å²) in [5, 5.41) is 18.7. The minimum absolute atomic E-state index is 0.00345. The van der Waals surface area contributed by atoms with Gasteiger partial charge in [0.2, 0.25) is 41.4 Å². The van der Waals surface area contributed by atoms with Gasteiger partial charge in [-0.2, -0.15) is 0 Å². The van der Waals surface area contributed by atoms with Crippen LogP contribution >= 0.6 is 7.82 Å². The van der Waals surface area contributed by atoms with Gasteiger partial charge in [0, 0.05) is 39.4 Å². The number of carbonyl (C=O) groups excluding carboxylic acids is 8. The van der Waals surface area contributed by atoms with Crippen LogP contribution < -0.4 is 42.2 Å². The largest absolute Gasteiger partial charge is 0.524 e. The predicted octanol–water partition coefficient (Wildman–Crippen LogP) is -1.53. The Morgan fingerprint density at radius 1 is 0.864 bits per heavy atom. The number of fused-ring (bicyclic) bond motifs is 1. The molecule has 0 spiro atoms. The number of hydrogen-bond donors (Lipinski definition) is 9. The lowest BCUT2D eigenvalue weighted by molar-refractivity contribution is -0.146. The highest BCUT2D eigenvalue weighted by molar-refractivity contribution is 7.46. The van der Waals surface area contributed by atoms with E-state index in [0.29, 0.717) is 31.4 Å². The Labute approximate surface area is 342 Å². The average molecular weight is 852 g/mol. The van der Waals surface area contributed by atoms with Crippen molar-refractivity contribution in [1.29, 1.82) is 0 Å². The lowest BCUT2D eigenvalue weighted by Gasteiger charge is -2.29. The van der Waals surface area contributed by atoms with Crippen molar-refractivity contribution in [2.75, 3.05) is 19.6 Å². The fraction of sp³-hybridized carbons (Fsp3) is 0.622. The average Bonchev–Trinajstić information content (AvgIpc) is 3.69. The van der Waals surface area contributed by atoms with E-state index in [1.54, 1.807) is 32.7 Å². The van der Waals surface area contributed by atoms with E-state index in [1.807, 2.05) is 0 Å². The van der Waals surface area contributed by atoms with Crippen molar-refractivity contribution in [1.82, 2.24) is 41.9 Å². The maximum atomic E-state index is 13.9. The number of hydrazine groups is 1. The third-order valence-electron chi connectivity index (χ3n) is 9.76. The van der Waals surface area contributed by atoms with Crippen molar-refractivity contribution >= 4 is 55.1 Å². The minimum Gasteiger partial charge on any atom is -0.404 e. The Morgan fingerprint density at radius 2 is 1.51 bits per heavy atom. The van der Waals surface area contributed by atoms with Crippen molar-refractivity contribution in [3.63, 3.8) is 0 Å². The molecule has 2 aliphatic heterocycles. The first kappa shape index (κ1) is 48.3. The summed E-state index contributed by atoms with van der Waals surface area (Å²) >= 11 is 0. The third-order valence-corrected chi connectivity index (χ3v) is 10.2. The fourth-order valence-corrected chi connectivity index (χ4v) is 7.03. The van der Waals surface area contributed by atoms with Crippen LogP contribution in [0.25, 0.3) is 0 Å². The molecule has 2 fully saturated rings. The second kappa shape index (κ2) is 21.8. The number of benzene rings is 1. The van der Waals surface area contributed by atoms with Gasteiger partial charge in [0.1, 0.15) is 42.0 Å². The van der Waals surface area contributed by atoms with E-state index in [9.17, 15) is 42.9 Å². The number of unbranched alkanes of at least 4 members (excludes halogenated alkanes) is 2. The molecule has 2 unspecified atom stereocenters. The van der Waals surface area contributed by atoms with Crippen LogP contribution in [0.1, 0.15) is 79.2 Å². The maximum absolute atomic E-state index is 13.9. The number of nitrogens with zero attached hydrogens (tertiary/aromatic N) is 2. The first-order valence-corrected chi connectivity index (χ1v) is 21.1. The molecule has 0 aliphatic carbocycles. The molecular formula is C37H58N9O12P. The molecule has 8 amide bonds. The fourth-order valence-electron chi connectivity index (χ4n) is 6.63. The van der Waals surface area contributed by atoms with Gasteiger partial charge in [-0.15, -0.1) is 0 Å². The Kier molecular flexibility index (Phi) is 17.8. The Morgan fingerprint density at radius 3 is 2.08 bits per heavy atom. The van der Waals surface area contributed by atoms with Gasteiger partial charge in [0.25, 0.3) is 5.91 Å². The van der Waals surface area contributed by atoms with Crippen LogP contribution in [-0.4, -0.2) is 123 Å². The second-order valence-electron chi connectivity index (χ2n) is 15.4. The molecule has 3 rings (SSSR count). The number of nitrogens with one attached hydrogen (secondary N) is 6. The summed E-state index contributed by atoms with van der Waals surface area (Å²) in [7, 11) is -4.84. The number of nitrogens with two attached hydrogens (primary N) is 1. The van der Waals surface area contributed by atoms with Gasteiger partial charge in [-0.25, -0.2) is 9.57 Å². The van der Waals surface area contributed by atoms with Crippen molar-refractivity contribution < 1.29 is 57.2 Å². The van der Waals surface area contributed by atoms with Crippen LogP contribution in [0.3, 0.4) is 0 Å². The molecule has 0 saturated carbocycles. The summed E-state index contributed by atoms with van der Waals surface area (Å²) in [6.07, 6.45) is 2.08. The van der Waals surface area contributed by atoms with Crippen molar-refractivity contribution in [2.45, 2.75) is 116 Å². The zero-order valence-corrected chi connectivity index (χ0v) is 35.1. The Hall–Kier alpha value is -5.11. The molecular weight excluding hydrogens is 793 g/mol. The number of hydrogen-bond acceptors (Lipinski definition) is 11. The zero-order chi connectivity index (χ0) is 44.2. The molecule has 2 saturated heterocycles. The maximum Gasteiger partial charge on any atom is 0.524 e. The minimum atomic E-state index is -4.84. The highest BCUT2D eigenvalue weighted by Crippen LogP contribution is 2.37. The van der Waals surface area contributed by atoms with Gasteiger partial charge in [-0.05, 0) is 55.7 Å². The van der Waals surface area contributed by atoms with Crippen LogP contribution in [0.4, 0.5) is 0 Å². The molecule has 2 heterocycles. The van der Waals surface area contributed by atoms with E-state index in [1.165, 1.54) is 43.1 Å². The van der Waals surface area contributed by atoms with E-state index >= 15 is 0 Å². The zero-order valence-electron chi connectivity index (χ0n) is 34.2. The number of rotatable bonds is 22. The summed E-state index contributed by atoms with van der Waals surface area (Å²) in [5.74, 6) is -5.41. The van der Waals surface area contributed by atoms with Crippen LogP contribution in [0.2, 0.25) is 0 Å². The standard InChI is InChI=1S/C37H58N9O12P/c1-20(2)30(32(38)49)43-36(53)31(21(3)4)44-35(52)28-15-17-45-19-27(37(54)46(28)45)42-34(51)26(18-24-11-13-25(14-12-24)58-59(55,56)57)41-33(50)22(5)40-29(48)10-8-7-9-16-39-23(6)47/h11-14,20-22,26-28,30-31H,7-10,15-19H2,1-6H3,(H2,38,49)(H,39,47)(H,40,48)(H,41,50)(H,42,51)(H,43,53)(H,44,52)(H2,55,56,57)/t22-,26-,27?,28?,30-,31-/m0/s1. The highest BCUT2D eigenvalue weighted by atomic mass is 31.2. The van der Waals surface area contributed by atoms with Gasteiger partial charge in [-0.3, -0.25) is 53.2 Å². The van der Waals surface area contributed by atoms with E-state index in [2.05, 4.69) is 36.4 Å². The molecule has 1 aromatic carbocycles. The van der Waals surface area contributed by atoms with Gasteiger partial charge < -0.3 is 42.2 Å². The summed E-state index contributed by atoms with van der Waals surface area (Å²) < 4.78 is 15.9. The van der Waals surface area contributed by atoms with E-state index in [0.717, 1.165) is 0 Å². The van der Waals surface area contributed by atoms with Gasteiger partial charge in [0.05, 0.1) is 0 Å². The lowest BCUT2D eigenvalue weighted by atomic mass is 9.99. The molecule has 10 N–H and O–H groups in total. The molecule has 1 aromatic rings. The molecule has 328 valence electrons. The lowest BCUT2D eigenvalue weighted by Crippen LogP contribution is -2.59. The van der Waals surface area contributed by atoms with Crippen LogP contribution in [-0.2, 0) is 49.3 Å². The predicted molar refractivity (Wildman–Crippen MR) is 211 cm³/mol. The van der Waals surface area contributed by atoms with Gasteiger partial charge in [-0.1, -0.05) is 46.2 Å². The first-order chi connectivity index (χ1) is 27.6. The number of carbonyl (C=O) groups is 8. The van der Waals surface area contributed by atoms with Crippen molar-refractivity contribution in [3.8, 4) is 5.75 Å². The number of amides is 8. The molecule has 22 heteroatoms. The van der Waals surface area contributed by atoms with E-state index < -0.39 is 91.3 Å². The highest BCUT2D eigenvalue weighted by Gasteiger charge is 2.49. The first-order valence-electron chi connectivity index (χ1n) is 19.5. The topological polar surface area (TPSA) is 308 Å². The Balaban J connectivity index is 1.70. The second-order valence-corrected chi connectivity index (χ2v) is 16.6. The molecule has 59 heavy (non-hydrogen) atoms. The smallest absolute Gasteiger partial charge is 0.404 e. The van der Waals surface area contributed by atoms with Crippen LogP contribution in [0.15, 0.2) is 24.3 Å². The molecule has 6 atom stereocenters. The molecule has 0 aromatic heterocycles. The number of primary amides is 1. The van der Waals surface area contributed by atoms with Gasteiger partial charge >= 0.3 is 7.82 Å². The number of phosphoric acid groups is 1. The quantitative estimate of drug-likeness (QED) is 0.0473. The summed E-state index contributed by atoms with van der Waals surface area (Å²) in [4.78, 5) is 122. The molecule has 0 radical (unpaired) electrons. The van der Waals surface area contributed by atoms with Crippen molar-refractivity contribution in [3.05, 3.63) is 29.8 Å². The van der Waals surface area contributed by atoms with Gasteiger partial charge in [0.15, 0.2) is 0 Å². The van der Waals surface area contributed by atoms with Crippen molar-refractivity contribution in [2.24, 2.45) is 17.6 Å². The SMILES string of the molecule is CC(=O)NCCCCCC(=O)N[C@@H](C)C(=O)N[C@@H](Cc1ccc(OP(=O)(O)O)cc1)C(=O)NC1CN2CCC(C(=O)N[C@H](C(=O)N[C@H](C(N)=O)C(C)C)C(C)C)N2C1=O. The Bertz CT molecular complexity index is 1760.